The Hall–Kier alpha value is -0.530. The van der Waals surface area contributed by atoms with E-state index in [-0.39, 0.29) is 5.97 Å². The minimum atomic E-state index is 0.0303. The minimum Gasteiger partial charge on any atom is -0.466 e. The molecule has 0 aliphatic heterocycles. The van der Waals surface area contributed by atoms with Crippen LogP contribution in [0.5, 0.6) is 0 Å². The SMILES string of the molecule is CCCCCCCCCCCCCCCCCCCCCCCC(=O)OCCCCCCCCCCCCCCCC(C)C. The van der Waals surface area contributed by atoms with Crippen molar-refractivity contribution in [3.8, 4) is 0 Å². The standard InChI is InChI=1S/C42H84O2/c1-4-5-6-7-8-9-10-11-12-13-14-15-16-17-18-21-24-27-30-33-36-39-42(43)44-40-37-34-31-28-25-22-19-20-23-26-29-32-35-38-41(2)3/h41H,4-40H2,1-3H3. The Labute approximate surface area is 279 Å². The van der Waals surface area contributed by atoms with E-state index in [9.17, 15) is 4.79 Å². The molecule has 0 aromatic carbocycles. The number of carbonyl (C=O) groups excluding carboxylic acids is 1. The highest BCUT2D eigenvalue weighted by Gasteiger charge is 2.03. The predicted octanol–water partition coefficient (Wildman–Crippen LogP) is 15.2. The van der Waals surface area contributed by atoms with Crippen LogP contribution >= 0.6 is 0 Å². The molecule has 0 heterocycles. The van der Waals surface area contributed by atoms with Gasteiger partial charge in [0.25, 0.3) is 0 Å². The summed E-state index contributed by atoms with van der Waals surface area (Å²) in [5, 5.41) is 0. The minimum absolute atomic E-state index is 0.0303. The van der Waals surface area contributed by atoms with Crippen LogP contribution in [-0.4, -0.2) is 12.6 Å². The molecule has 0 fully saturated rings. The molecule has 0 amide bonds. The molecule has 0 bridgehead atoms. The van der Waals surface area contributed by atoms with E-state index in [1.165, 1.54) is 212 Å². The highest BCUT2D eigenvalue weighted by Crippen LogP contribution is 2.17. The molecule has 0 aliphatic carbocycles. The second-order valence-electron chi connectivity index (χ2n) is 14.8. The maximum Gasteiger partial charge on any atom is 0.305 e. The zero-order valence-corrected chi connectivity index (χ0v) is 31.1. The fourth-order valence-corrected chi connectivity index (χ4v) is 6.56. The van der Waals surface area contributed by atoms with Gasteiger partial charge in [0.05, 0.1) is 6.61 Å². The maximum atomic E-state index is 12.0. The van der Waals surface area contributed by atoms with Gasteiger partial charge < -0.3 is 4.74 Å². The van der Waals surface area contributed by atoms with Crippen LogP contribution in [0.1, 0.15) is 252 Å². The third-order valence-electron chi connectivity index (χ3n) is 9.67. The van der Waals surface area contributed by atoms with Crippen molar-refractivity contribution in [2.45, 2.75) is 252 Å². The van der Waals surface area contributed by atoms with Gasteiger partial charge >= 0.3 is 5.97 Å². The lowest BCUT2D eigenvalue weighted by Gasteiger charge is -2.06. The zero-order valence-electron chi connectivity index (χ0n) is 31.1. The van der Waals surface area contributed by atoms with E-state index in [1.54, 1.807) is 0 Å². The van der Waals surface area contributed by atoms with E-state index >= 15 is 0 Å². The number of ether oxygens (including phenoxy) is 1. The second kappa shape index (κ2) is 38.7. The lowest BCUT2D eigenvalue weighted by molar-refractivity contribution is -0.143. The third kappa shape index (κ3) is 39.5. The molecule has 0 radical (unpaired) electrons. The van der Waals surface area contributed by atoms with Gasteiger partial charge in [0.2, 0.25) is 0 Å². The van der Waals surface area contributed by atoms with E-state index in [0.29, 0.717) is 13.0 Å². The van der Waals surface area contributed by atoms with E-state index in [2.05, 4.69) is 20.8 Å². The van der Waals surface area contributed by atoms with Crippen molar-refractivity contribution in [3.63, 3.8) is 0 Å². The normalized spacial score (nSPS) is 11.5. The Morgan fingerprint density at radius 2 is 0.659 bits per heavy atom. The summed E-state index contributed by atoms with van der Waals surface area (Å²) in [5.74, 6) is 0.903. The molecule has 0 saturated carbocycles. The van der Waals surface area contributed by atoms with Crippen LogP contribution in [0.2, 0.25) is 0 Å². The number of carbonyl (C=O) groups is 1. The highest BCUT2D eigenvalue weighted by molar-refractivity contribution is 5.69. The summed E-state index contributed by atoms with van der Waals surface area (Å²) >= 11 is 0. The number of unbranched alkanes of at least 4 members (excludes halogenated alkanes) is 32. The average Bonchev–Trinajstić information content (AvgIpc) is 3.01. The molecule has 2 heteroatoms. The predicted molar refractivity (Wildman–Crippen MR) is 198 cm³/mol. The van der Waals surface area contributed by atoms with Crippen LogP contribution in [0, 0.1) is 5.92 Å². The molecular formula is C42H84O2. The van der Waals surface area contributed by atoms with Gasteiger partial charge in [-0.2, -0.15) is 0 Å². The first-order valence-electron chi connectivity index (χ1n) is 20.8. The van der Waals surface area contributed by atoms with Gasteiger partial charge in [0.1, 0.15) is 0 Å². The number of rotatable bonds is 38. The molecule has 0 atom stereocenters. The molecule has 264 valence electrons. The lowest BCUT2D eigenvalue weighted by Crippen LogP contribution is -2.05. The Bertz CT molecular complexity index is 528. The molecule has 0 unspecified atom stereocenters. The lowest BCUT2D eigenvalue weighted by atomic mass is 10.0. The van der Waals surface area contributed by atoms with Crippen molar-refractivity contribution in [1.29, 1.82) is 0 Å². The van der Waals surface area contributed by atoms with Crippen LogP contribution in [0.15, 0.2) is 0 Å². The summed E-state index contributed by atoms with van der Waals surface area (Å²) in [7, 11) is 0. The Balaban J connectivity index is 3.14. The van der Waals surface area contributed by atoms with E-state index < -0.39 is 0 Å². The largest absolute Gasteiger partial charge is 0.466 e. The van der Waals surface area contributed by atoms with E-state index in [0.717, 1.165) is 18.8 Å². The summed E-state index contributed by atoms with van der Waals surface area (Å²) in [6.07, 6.45) is 49.0. The smallest absolute Gasteiger partial charge is 0.305 e. The van der Waals surface area contributed by atoms with Crippen molar-refractivity contribution in [3.05, 3.63) is 0 Å². The van der Waals surface area contributed by atoms with Crippen molar-refractivity contribution in [2.75, 3.05) is 6.61 Å². The molecule has 44 heavy (non-hydrogen) atoms. The first kappa shape index (κ1) is 43.5. The summed E-state index contributed by atoms with van der Waals surface area (Å²) in [5.41, 5.74) is 0. The molecule has 0 aliphatic rings. The number of hydrogen-bond acceptors (Lipinski definition) is 2. The number of hydrogen-bond donors (Lipinski definition) is 0. The zero-order chi connectivity index (χ0) is 32.0. The molecule has 2 nitrogen and oxygen atoms in total. The van der Waals surface area contributed by atoms with Crippen LogP contribution in [0.4, 0.5) is 0 Å². The first-order chi connectivity index (χ1) is 21.7. The van der Waals surface area contributed by atoms with Crippen LogP contribution in [-0.2, 0) is 9.53 Å². The topological polar surface area (TPSA) is 26.3 Å². The molecule has 0 N–H and O–H groups in total. The van der Waals surface area contributed by atoms with Crippen LogP contribution < -0.4 is 0 Å². The van der Waals surface area contributed by atoms with Gasteiger partial charge in [-0.3, -0.25) is 4.79 Å². The molecule has 0 aromatic rings. The summed E-state index contributed by atoms with van der Waals surface area (Å²) in [4.78, 5) is 12.0. The van der Waals surface area contributed by atoms with Crippen molar-refractivity contribution in [1.82, 2.24) is 0 Å². The Kier molecular flexibility index (Phi) is 38.2. The quantitative estimate of drug-likeness (QED) is 0.0507. The third-order valence-corrected chi connectivity index (χ3v) is 9.67. The highest BCUT2D eigenvalue weighted by atomic mass is 16.5. The Morgan fingerprint density at radius 1 is 0.386 bits per heavy atom. The molecule has 0 rings (SSSR count). The van der Waals surface area contributed by atoms with E-state index in [1.807, 2.05) is 0 Å². The summed E-state index contributed by atoms with van der Waals surface area (Å²) < 4.78 is 5.47. The first-order valence-corrected chi connectivity index (χ1v) is 20.8. The number of esters is 1. The molecule has 0 aromatic heterocycles. The molecule has 0 saturated heterocycles. The van der Waals surface area contributed by atoms with Gasteiger partial charge in [-0.25, -0.2) is 0 Å². The molecule has 0 spiro atoms. The second-order valence-corrected chi connectivity index (χ2v) is 14.8. The van der Waals surface area contributed by atoms with Crippen LogP contribution in [0.25, 0.3) is 0 Å². The van der Waals surface area contributed by atoms with Crippen molar-refractivity contribution in [2.24, 2.45) is 5.92 Å². The summed E-state index contributed by atoms with van der Waals surface area (Å²) in [6, 6.07) is 0. The van der Waals surface area contributed by atoms with Crippen molar-refractivity contribution >= 4 is 5.97 Å². The average molecular weight is 621 g/mol. The van der Waals surface area contributed by atoms with Crippen LogP contribution in [0.3, 0.4) is 0 Å². The van der Waals surface area contributed by atoms with Crippen molar-refractivity contribution < 1.29 is 9.53 Å². The monoisotopic (exact) mass is 621 g/mol. The molecular weight excluding hydrogens is 536 g/mol. The van der Waals surface area contributed by atoms with Gasteiger partial charge in [-0.15, -0.1) is 0 Å². The fourth-order valence-electron chi connectivity index (χ4n) is 6.56. The Morgan fingerprint density at radius 3 is 0.977 bits per heavy atom. The van der Waals surface area contributed by atoms with Gasteiger partial charge in [0.15, 0.2) is 0 Å². The maximum absolute atomic E-state index is 12.0. The van der Waals surface area contributed by atoms with Gasteiger partial charge in [0, 0.05) is 6.42 Å². The summed E-state index contributed by atoms with van der Waals surface area (Å²) in [6.45, 7) is 7.60. The fraction of sp³-hybridized carbons (Fsp3) is 0.976. The van der Waals surface area contributed by atoms with Gasteiger partial charge in [-0.1, -0.05) is 233 Å². The van der Waals surface area contributed by atoms with Gasteiger partial charge in [-0.05, 0) is 18.8 Å². The van der Waals surface area contributed by atoms with E-state index in [4.69, 9.17) is 4.74 Å².